The molecule has 1 aliphatic rings. The Morgan fingerprint density at radius 2 is 2.14 bits per heavy atom. The van der Waals surface area contributed by atoms with Crippen molar-refractivity contribution in [3.05, 3.63) is 23.8 Å². The van der Waals surface area contributed by atoms with E-state index in [9.17, 15) is 0 Å². The molecular weight excluding hydrogens is 278 g/mol. The van der Waals surface area contributed by atoms with Crippen LogP contribution < -0.4 is 5.32 Å². The van der Waals surface area contributed by atoms with E-state index in [2.05, 4.69) is 47.2 Å². The van der Waals surface area contributed by atoms with E-state index in [1.54, 1.807) is 11.3 Å². The van der Waals surface area contributed by atoms with Crippen LogP contribution in [0.2, 0.25) is 0 Å². The van der Waals surface area contributed by atoms with Gasteiger partial charge in [-0.3, -0.25) is 4.90 Å². The third-order valence-electron chi connectivity index (χ3n) is 4.26. The Balaban J connectivity index is 1.68. The summed E-state index contributed by atoms with van der Waals surface area (Å²) in [5.41, 5.74) is 2.54. The summed E-state index contributed by atoms with van der Waals surface area (Å²) in [6, 6.07) is 6.73. The molecule has 1 aromatic carbocycles. The fraction of sp³-hybridized carbons (Fsp3) is 0.588. The number of benzene rings is 1. The normalized spacial score (nSPS) is 17.4. The molecular formula is C17H25N3S. The van der Waals surface area contributed by atoms with Gasteiger partial charge in [0.05, 0.1) is 10.2 Å². The number of nitrogens with one attached hydrogen (secondary N) is 1. The van der Waals surface area contributed by atoms with E-state index in [1.807, 2.05) is 0 Å². The van der Waals surface area contributed by atoms with Crippen LogP contribution in [0.3, 0.4) is 0 Å². The van der Waals surface area contributed by atoms with Crippen LogP contribution in [0.15, 0.2) is 18.2 Å². The van der Waals surface area contributed by atoms with E-state index < -0.39 is 0 Å². The molecule has 3 rings (SSSR count). The van der Waals surface area contributed by atoms with Crippen LogP contribution in [0, 0.1) is 5.92 Å². The van der Waals surface area contributed by atoms with Gasteiger partial charge in [0.25, 0.3) is 0 Å². The Morgan fingerprint density at radius 1 is 1.33 bits per heavy atom. The van der Waals surface area contributed by atoms with E-state index in [4.69, 9.17) is 0 Å². The molecule has 1 aromatic heterocycles. The van der Waals surface area contributed by atoms with Gasteiger partial charge in [-0.2, -0.15) is 0 Å². The average Bonchev–Trinajstić information content (AvgIpc) is 2.89. The van der Waals surface area contributed by atoms with Crippen molar-refractivity contribution in [2.45, 2.75) is 39.7 Å². The molecule has 0 spiro atoms. The number of fused-ring (bicyclic) bond motifs is 1. The molecule has 1 fully saturated rings. The molecule has 0 amide bonds. The number of likely N-dealkylation sites (tertiary alicyclic amines) is 1. The molecule has 0 bridgehead atoms. The van der Waals surface area contributed by atoms with Crippen molar-refractivity contribution in [1.29, 1.82) is 0 Å². The van der Waals surface area contributed by atoms with Crippen LogP contribution >= 0.6 is 11.3 Å². The van der Waals surface area contributed by atoms with Gasteiger partial charge in [-0.15, -0.1) is 0 Å². The van der Waals surface area contributed by atoms with Crippen LogP contribution in [-0.4, -0.2) is 29.5 Å². The van der Waals surface area contributed by atoms with Crippen molar-refractivity contribution in [3.8, 4) is 0 Å². The lowest BCUT2D eigenvalue weighted by atomic mass is 9.99. The molecule has 114 valence electrons. The van der Waals surface area contributed by atoms with Crippen molar-refractivity contribution >= 4 is 26.7 Å². The van der Waals surface area contributed by atoms with E-state index in [1.165, 1.54) is 36.2 Å². The topological polar surface area (TPSA) is 28.2 Å². The summed E-state index contributed by atoms with van der Waals surface area (Å²) in [5.74, 6) is 0.900. The molecule has 1 N–H and O–H groups in total. The zero-order valence-electron chi connectivity index (χ0n) is 13.1. The van der Waals surface area contributed by atoms with Crippen LogP contribution in [0.25, 0.3) is 10.2 Å². The summed E-state index contributed by atoms with van der Waals surface area (Å²) >= 11 is 1.77. The predicted molar refractivity (Wildman–Crippen MR) is 92.1 cm³/mol. The molecule has 0 radical (unpaired) electrons. The van der Waals surface area contributed by atoms with Gasteiger partial charge in [0.15, 0.2) is 5.13 Å². The van der Waals surface area contributed by atoms with Gasteiger partial charge in [0.1, 0.15) is 0 Å². The van der Waals surface area contributed by atoms with Crippen LogP contribution in [0.4, 0.5) is 5.13 Å². The van der Waals surface area contributed by atoms with Crippen molar-refractivity contribution in [1.82, 2.24) is 9.88 Å². The predicted octanol–water partition coefficient (Wildman–Crippen LogP) is 4.35. The van der Waals surface area contributed by atoms with Gasteiger partial charge in [0, 0.05) is 13.1 Å². The lowest BCUT2D eigenvalue weighted by Crippen LogP contribution is -2.32. The largest absolute Gasteiger partial charge is 0.361 e. The van der Waals surface area contributed by atoms with Gasteiger partial charge in [-0.05, 0) is 56.0 Å². The molecule has 3 nitrogen and oxygen atoms in total. The third kappa shape index (κ3) is 3.74. The lowest BCUT2D eigenvalue weighted by Gasteiger charge is -2.30. The van der Waals surface area contributed by atoms with Crippen molar-refractivity contribution in [2.24, 2.45) is 5.92 Å². The van der Waals surface area contributed by atoms with Gasteiger partial charge in [0.2, 0.25) is 0 Å². The highest BCUT2D eigenvalue weighted by molar-refractivity contribution is 7.22. The molecule has 0 aliphatic carbocycles. The monoisotopic (exact) mass is 303 g/mol. The van der Waals surface area contributed by atoms with Crippen LogP contribution in [0.1, 0.15) is 38.7 Å². The first kappa shape index (κ1) is 14.8. The third-order valence-corrected chi connectivity index (χ3v) is 5.24. The maximum absolute atomic E-state index is 4.64. The van der Waals surface area contributed by atoms with Crippen molar-refractivity contribution in [2.75, 3.05) is 25.0 Å². The van der Waals surface area contributed by atoms with E-state index in [0.717, 1.165) is 36.1 Å². The summed E-state index contributed by atoms with van der Waals surface area (Å²) in [6.07, 6.45) is 3.82. The molecule has 4 heteroatoms. The molecule has 2 heterocycles. The first-order valence-corrected chi connectivity index (χ1v) is 8.92. The second-order valence-corrected chi connectivity index (χ2v) is 7.24. The van der Waals surface area contributed by atoms with Crippen LogP contribution in [-0.2, 0) is 6.54 Å². The summed E-state index contributed by atoms with van der Waals surface area (Å²) in [6.45, 7) is 9.11. The maximum Gasteiger partial charge on any atom is 0.183 e. The first-order valence-electron chi connectivity index (χ1n) is 8.10. The molecule has 21 heavy (non-hydrogen) atoms. The van der Waals surface area contributed by atoms with Crippen molar-refractivity contribution in [3.63, 3.8) is 0 Å². The fourth-order valence-corrected chi connectivity index (χ4v) is 3.81. The number of aromatic nitrogens is 1. The van der Waals surface area contributed by atoms with E-state index in [-0.39, 0.29) is 0 Å². The highest BCUT2D eigenvalue weighted by Crippen LogP contribution is 2.27. The summed E-state index contributed by atoms with van der Waals surface area (Å²) < 4.78 is 1.30. The molecule has 2 aromatic rings. The minimum atomic E-state index is 0.900. The van der Waals surface area contributed by atoms with Crippen LogP contribution in [0.5, 0.6) is 0 Å². The quantitative estimate of drug-likeness (QED) is 0.890. The Labute approximate surface area is 131 Å². The number of rotatable bonds is 5. The zero-order chi connectivity index (χ0) is 14.7. The zero-order valence-corrected chi connectivity index (χ0v) is 13.9. The second kappa shape index (κ2) is 6.75. The Bertz CT molecular complexity index is 585. The number of hydrogen-bond donors (Lipinski definition) is 1. The molecule has 0 atom stereocenters. The van der Waals surface area contributed by atoms with Gasteiger partial charge in [-0.25, -0.2) is 4.98 Å². The van der Waals surface area contributed by atoms with Gasteiger partial charge < -0.3 is 5.32 Å². The Hall–Kier alpha value is -1.13. The number of piperidine rings is 1. The molecule has 1 saturated heterocycles. The average molecular weight is 303 g/mol. The molecule has 0 unspecified atom stereocenters. The second-order valence-electron chi connectivity index (χ2n) is 6.21. The SMILES string of the molecule is CCCNc1nc2ccc(CN3CCC(C)CC3)cc2s1. The maximum atomic E-state index is 4.64. The van der Waals surface area contributed by atoms with Crippen molar-refractivity contribution < 1.29 is 0 Å². The minimum Gasteiger partial charge on any atom is -0.361 e. The first-order chi connectivity index (χ1) is 10.2. The molecule has 0 saturated carbocycles. The van der Waals surface area contributed by atoms with E-state index in [0.29, 0.717) is 0 Å². The summed E-state index contributed by atoms with van der Waals surface area (Å²) in [7, 11) is 0. The fourth-order valence-electron chi connectivity index (χ4n) is 2.85. The summed E-state index contributed by atoms with van der Waals surface area (Å²) in [5, 5.41) is 4.44. The lowest BCUT2D eigenvalue weighted by molar-refractivity contribution is 0.185. The Kier molecular flexibility index (Phi) is 4.76. The standard InChI is InChI=1S/C17H25N3S/c1-3-8-18-17-19-15-5-4-14(11-16(15)21-17)12-20-9-6-13(2)7-10-20/h4-5,11,13H,3,6-10,12H2,1-2H3,(H,18,19). The highest BCUT2D eigenvalue weighted by atomic mass is 32.1. The number of anilines is 1. The number of thiazole rings is 1. The summed E-state index contributed by atoms with van der Waals surface area (Å²) in [4.78, 5) is 7.22. The number of hydrogen-bond acceptors (Lipinski definition) is 4. The van der Waals surface area contributed by atoms with Gasteiger partial charge >= 0.3 is 0 Å². The Morgan fingerprint density at radius 3 is 2.90 bits per heavy atom. The highest BCUT2D eigenvalue weighted by Gasteiger charge is 2.16. The minimum absolute atomic E-state index is 0.900. The van der Waals surface area contributed by atoms with E-state index >= 15 is 0 Å². The molecule has 1 aliphatic heterocycles. The number of nitrogens with zero attached hydrogens (tertiary/aromatic N) is 2. The van der Waals surface area contributed by atoms with Gasteiger partial charge in [-0.1, -0.05) is 31.3 Å². The smallest absolute Gasteiger partial charge is 0.183 e.